The predicted molar refractivity (Wildman–Crippen MR) is 51.6 cm³/mol. The van der Waals surface area contributed by atoms with Crippen LogP contribution in [0.3, 0.4) is 0 Å². The second-order valence-electron chi connectivity index (χ2n) is 3.61. The number of hydrogen-bond acceptors (Lipinski definition) is 4. The van der Waals surface area contributed by atoms with Gasteiger partial charge in [0.2, 0.25) is 5.91 Å². The molecule has 1 aliphatic rings. The van der Waals surface area contributed by atoms with Gasteiger partial charge in [0.25, 0.3) is 0 Å². The third-order valence-electron chi connectivity index (χ3n) is 2.51. The molecule has 0 spiro atoms. The molecule has 5 heteroatoms. The van der Waals surface area contributed by atoms with Crippen molar-refractivity contribution in [2.75, 3.05) is 19.7 Å². The summed E-state index contributed by atoms with van der Waals surface area (Å²) >= 11 is 0. The molecule has 1 amide bonds. The van der Waals surface area contributed by atoms with Crippen LogP contribution in [0.2, 0.25) is 0 Å². The number of amides is 1. The molecule has 0 bridgehead atoms. The van der Waals surface area contributed by atoms with E-state index < -0.39 is 6.10 Å². The first-order valence-electron chi connectivity index (χ1n) is 4.91. The third-order valence-corrected chi connectivity index (χ3v) is 2.51. The number of nitrogens with one attached hydrogen (secondary N) is 1. The van der Waals surface area contributed by atoms with Gasteiger partial charge in [-0.3, -0.25) is 4.79 Å². The Hall–Kier alpha value is -0.650. The molecule has 4 N–H and O–H groups in total. The van der Waals surface area contributed by atoms with E-state index >= 15 is 0 Å². The van der Waals surface area contributed by atoms with Gasteiger partial charge in [-0.2, -0.15) is 0 Å². The van der Waals surface area contributed by atoms with E-state index in [1.807, 2.05) is 6.92 Å². The van der Waals surface area contributed by atoms with Crippen LogP contribution in [0.5, 0.6) is 0 Å². The molecule has 0 saturated carbocycles. The number of hydrogen-bond donors (Lipinski definition) is 3. The molecule has 3 unspecified atom stereocenters. The Balaban J connectivity index is 2.31. The van der Waals surface area contributed by atoms with Gasteiger partial charge in [-0.25, -0.2) is 0 Å². The van der Waals surface area contributed by atoms with E-state index in [2.05, 4.69) is 5.32 Å². The summed E-state index contributed by atoms with van der Waals surface area (Å²) in [6.45, 7) is 3.12. The minimum atomic E-state index is -0.520. The van der Waals surface area contributed by atoms with E-state index in [1.165, 1.54) is 0 Å². The maximum absolute atomic E-state index is 11.3. The summed E-state index contributed by atoms with van der Waals surface area (Å²) in [4.78, 5) is 11.3. The van der Waals surface area contributed by atoms with Crippen LogP contribution < -0.4 is 11.1 Å². The smallest absolute Gasteiger partial charge is 0.220 e. The van der Waals surface area contributed by atoms with Gasteiger partial charge >= 0.3 is 0 Å². The van der Waals surface area contributed by atoms with Crippen molar-refractivity contribution >= 4 is 5.91 Å². The molecule has 1 fully saturated rings. The summed E-state index contributed by atoms with van der Waals surface area (Å²) in [6, 6.07) is 0. The number of carbonyl (C=O) groups excluding carboxylic acids is 1. The summed E-state index contributed by atoms with van der Waals surface area (Å²) < 4.78 is 5.23. The number of ether oxygens (including phenoxy) is 1. The molecule has 1 aliphatic heterocycles. The fraction of sp³-hybridized carbons (Fsp3) is 0.889. The largest absolute Gasteiger partial charge is 0.390 e. The van der Waals surface area contributed by atoms with Crippen LogP contribution in [0.1, 0.15) is 13.3 Å². The zero-order valence-electron chi connectivity index (χ0n) is 8.40. The Labute approximate surface area is 83.6 Å². The maximum Gasteiger partial charge on any atom is 0.220 e. The van der Waals surface area contributed by atoms with Crippen LogP contribution in [0, 0.1) is 5.92 Å². The van der Waals surface area contributed by atoms with Gasteiger partial charge in [-0.15, -0.1) is 0 Å². The minimum Gasteiger partial charge on any atom is -0.390 e. The summed E-state index contributed by atoms with van der Waals surface area (Å²) in [5.74, 6) is -0.162. The Morgan fingerprint density at radius 3 is 2.93 bits per heavy atom. The first-order chi connectivity index (χ1) is 6.65. The van der Waals surface area contributed by atoms with E-state index in [4.69, 9.17) is 10.5 Å². The van der Waals surface area contributed by atoms with Crippen molar-refractivity contribution in [2.45, 2.75) is 25.6 Å². The molecule has 0 aromatic rings. The first-order valence-corrected chi connectivity index (χ1v) is 4.91. The molecule has 0 radical (unpaired) electrons. The highest BCUT2D eigenvalue weighted by molar-refractivity contribution is 5.76. The van der Waals surface area contributed by atoms with Crippen molar-refractivity contribution in [3.63, 3.8) is 0 Å². The van der Waals surface area contributed by atoms with Gasteiger partial charge in [-0.05, 0) is 6.92 Å². The average Bonchev–Trinajstić information content (AvgIpc) is 2.46. The lowest BCUT2D eigenvalue weighted by molar-refractivity contribution is -0.122. The molecule has 0 aromatic carbocycles. The number of nitrogens with two attached hydrogens (primary N) is 1. The van der Waals surface area contributed by atoms with E-state index in [0.717, 1.165) is 0 Å². The molecule has 5 nitrogen and oxygen atoms in total. The molecule has 82 valence electrons. The highest BCUT2D eigenvalue weighted by Crippen LogP contribution is 2.23. The van der Waals surface area contributed by atoms with Crippen LogP contribution in [-0.4, -0.2) is 42.9 Å². The Kier molecular flexibility index (Phi) is 4.31. The van der Waals surface area contributed by atoms with Gasteiger partial charge in [-0.1, -0.05) is 0 Å². The Morgan fingerprint density at radius 2 is 2.43 bits per heavy atom. The van der Waals surface area contributed by atoms with Gasteiger partial charge in [0.1, 0.15) is 0 Å². The van der Waals surface area contributed by atoms with Gasteiger partial charge < -0.3 is 20.9 Å². The SMILES string of the molecule is CC1OCC(O)C1CC(=O)NCCN. The molecule has 1 rings (SSSR count). The zero-order valence-corrected chi connectivity index (χ0v) is 8.40. The molecular formula is C9H18N2O3. The number of aliphatic hydroxyl groups excluding tert-OH is 1. The second kappa shape index (κ2) is 5.29. The van der Waals surface area contributed by atoms with Crippen molar-refractivity contribution < 1.29 is 14.6 Å². The lowest BCUT2D eigenvalue weighted by atomic mass is 9.96. The number of carbonyl (C=O) groups is 1. The molecule has 0 aliphatic carbocycles. The lowest BCUT2D eigenvalue weighted by Crippen LogP contribution is -2.34. The third kappa shape index (κ3) is 2.94. The van der Waals surface area contributed by atoms with Crippen molar-refractivity contribution in [3.05, 3.63) is 0 Å². The van der Waals surface area contributed by atoms with Crippen molar-refractivity contribution in [2.24, 2.45) is 11.7 Å². The highest BCUT2D eigenvalue weighted by Gasteiger charge is 2.34. The summed E-state index contributed by atoms with van der Waals surface area (Å²) in [5, 5.41) is 12.2. The van der Waals surface area contributed by atoms with Gasteiger partial charge in [0.15, 0.2) is 0 Å². The highest BCUT2D eigenvalue weighted by atomic mass is 16.5. The molecular weight excluding hydrogens is 184 g/mol. The zero-order chi connectivity index (χ0) is 10.6. The Morgan fingerprint density at radius 1 is 1.71 bits per heavy atom. The fourth-order valence-electron chi connectivity index (χ4n) is 1.61. The van der Waals surface area contributed by atoms with Crippen molar-refractivity contribution in [1.82, 2.24) is 5.32 Å². The minimum absolute atomic E-state index is 0.0476. The normalized spacial score (nSPS) is 31.8. The average molecular weight is 202 g/mol. The summed E-state index contributed by atoms with van der Waals surface area (Å²) in [7, 11) is 0. The quantitative estimate of drug-likeness (QED) is 0.537. The lowest BCUT2D eigenvalue weighted by Gasteiger charge is -2.16. The molecule has 1 saturated heterocycles. The second-order valence-corrected chi connectivity index (χ2v) is 3.61. The monoisotopic (exact) mass is 202 g/mol. The number of rotatable bonds is 4. The molecule has 3 atom stereocenters. The maximum atomic E-state index is 11.3. The molecule has 1 heterocycles. The van der Waals surface area contributed by atoms with E-state index in [-0.39, 0.29) is 17.9 Å². The van der Waals surface area contributed by atoms with Crippen molar-refractivity contribution in [1.29, 1.82) is 0 Å². The Bertz CT molecular complexity index is 188. The predicted octanol–water partition coefficient (Wildman–Crippen LogP) is -1.15. The van der Waals surface area contributed by atoms with Crippen LogP contribution in [0.25, 0.3) is 0 Å². The van der Waals surface area contributed by atoms with E-state index in [1.54, 1.807) is 0 Å². The van der Waals surface area contributed by atoms with Crippen molar-refractivity contribution in [3.8, 4) is 0 Å². The molecule has 14 heavy (non-hydrogen) atoms. The van der Waals surface area contributed by atoms with Crippen LogP contribution in [-0.2, 0) is 9.53 Å². The van der Waals surface area contributed by atoms with Gasteiger partial charge in [0, 0.05) is 25.4 Å². The summed E-state index contributed by atoms with van der Waals surface area (Å²) in [5.41, 5.74) is 5.25. The van der Waals surface area contributed by atoms with Crippen LogP contribution in [0.4, 0.5) is 0 Å². The topological polar surface area (TPSA) is 84.6 Å². The molecule has 0 aromatic heterocycles. The van der Waals surface area contributed by atoms with Gasteiger partial charge in [0.05, 0.1) is 18.8 Å². The first kappa shape index (κ1) is 11.4. The fourth-order valence-corrected chi connectivity index (χ4v) is 1.61. The van der Waals surface area contributed by atoms with E-state index in [0.29, 0.717) is 26.1 Å². The van der Waals surface area contributed by atoms with E-state index in [9.17, 15) is 9.90 Å². The van der Waals surface area contributed by atoms with Crippen LogP contribution in [0.15, 0.2) is 0 Å². The summed E-state index contributed by atoms with van der Waals surface area (Å²) in [6.07, 6.45) is -0.259. The van der Waals surface area contributed by atoms with Crippen LogP contribution >= 0.6 is 0 Å². The standard InChI is InChI=1S/C9H18N2O3/c1-6-7(8(12)5-14-6)4-9(13)11-3-2-10/h6-8,12H,2-5,10H2,1H3,(H,11,13). The number of aliphatic hydroxyl groups is 1.